The Kier molecular flexibility index (Phi) is 1.79. The standard InChI is InChI=1S/C26H37NO3/c1-18(2)26(29)30-25-13-12-21(17-28)16-24(25)23(22-10-8-7-9-11-22)14-15-27(19(3)4)20(5)6/h7-13,16,18-20,23,28H,14-15,17H2,1-6H3/t23-/m1/s1/i1D3,2D3,3D2,4D3,5D3,6D3,7D,8D,9D,10D,11D,12D,13D,14D2,15D2,16D,17D2,18D,19D,20D,23D,28D/t19?,23-. The summed E-state index contributed by atoms with van der Waals surface area (Å²) in [4.78, 5) is 12.3. The van der Waals surface area contributed by atoms with Crippen LogP contribution in [0.25, 0.3) is 0 Å². The molecule has 1 unspecified atom stereocenters. The molecule has 4 nitrogen and oxygen atoms in total. The first kappa shape index (κ1) is 4.77. The van der Waals surface area contributed by atoms with Crippen LogP contribution in [0.4, 0.5) is 0 Å². The summed E-state index contributed by atoms with van der Waals surface area (Å²) in [6, 6.07) is -24.7. The molecule has 0 fully saturated rings. The van der Waals surface area contributed by atoms with Crippen LogP contribution in [0, 0.1) is 5.89 Å². The van der Waals surface area contributed by atoms with Crippen molar-refractivity contribution in [1.82, 2.24) is 4.90 Å². The van der Waals surface area contributed by atoms with Crippen molar-refractivity contribution in [3.05, 3.63) is 65.0 Å². The molecule has 0 amide bonds. The Balaban J connectivity index is 3.92. The summed E-state index contributed by atoms with van der Waals surface area (Å²) in [6.07, 6.45) is -5.42. The van der Waals surface area contributed by atoms with Crippen molar-refractivity contribution < 1.29 is 62.6 Å². The Hall–Kier alpha value is -2.17. The van der Waals surface area contributed by atoms with Crippen LogP contribution < -0.4 is 4.74 Å². The lowest BCUT2D eigenvalue weighted by atomic mass is 9.86. The van der Waals surface area contributed by atoms with Crippen LogP contribution in [0.1, 0.15) is 118 Å². The zero-order valence-corrected chi connectivity index (χ0v) is 14.7. The molecule has 2 rings (SSSR count). The molecule has 0 aliphatic carbocycles. The number of hydrogen-bond donors (Lipinski definition) is 1. The minimum atomic E-state index is -5.48. The van der Waals surface area contributed by atoms with Gasteiger partial charge in [0.15, 0.2) is 0 Å². The Morgan fingerprint density at radius 1 is 1.20 bits per heavy atom. The number of rotatable bonds is 11. The third-order valence-electron chi connectivity index (χ3n) is 3.04. The summed E-state index contributed by atoms with van der Waals surface area (Å²) in [5, 5.41) is 3.90. The third kappa shape index (κ3) is 6.41. The molecule has 0 heterocycles. The third-order valence-corrected chi connectivity index (χ3v) is 3.04. The maximum atomic E-state index is 13.8. The molecule has 2 atom stereocenters. The van der Waals surface area contributed by atoms with Crippen molar-refractivity contribution >= 4 is 5.97 Å². The largest absolute Gasteiger partial charge is 0.426 e. The molecule has 2 aromatic rings. The van der Waals surface area contributed by atoms with E-state index in [9.17, 15) is 11.6 Å². The maximum Gasteiger partial charge on any atom is 0.313 e. The van der Waals surface area contributed by atoms with Crippen LogP contribution in [0.5, 0.6) is 5.75 Å². The van der Waals surface area contributed by atoms with Crippen LogP contribution in [0.3, 0.4) is 0 Å². The normalized spacial score (nSPS) is 37.5. The van der Waals surface area contributed by atoms with E-state index < -0.39 is 166 Å². The van der Waals surface area contributed by atoms with E-state index in [2.05, 4.69) is 5.11 Å². The lowest BCUT2D eigenvalue weighted by molar-refractivity contribution is -0.137. The fourth-order valence-corrected chi connectivity index (χ4v) is 1.82. The van der Waals surface area contributed by atoms with Crippen LogP contribution in [0.15, 0.2) is 48.3 Å². The first-order valence-corrected chi connectivity index (χ1v) is 7.53. The molecule has 0 saturated carbocycles. The highest BCUT2D eigenvalue weighted by Gasteiger charge is 2.23. The molecule has 30 heavy (non-hydrogen) atoms. The summed E-state index contributed by atoms with van der Waals surface area (Å²) in [5.41, 5.74) is -6.43. The summed E-state index contributed by atoms with van der Waals surface area (Å²) < 4.78 is 305. The van der Waals surface area contributed by atoms with Crippen molar-refractivity contribution in [3.8, 4) is 5.75 Å². The van der Waals surface area contributed by atoms with Gasteiger partial charge < -0.3 is 9.85 Å². The number of ether oxygens (including phenoxy) is 1. The quantitative estimate of drug-likeness (QED) is 0.371. The van der Waals surface area contributed by atoms with Gasteiger partial charge in [0.2, 0.25) is 1.43 Å². The van der Waals surface area contributed by atoms with Gasteiger partial charge in [-0.2, -0.15) is 0 Å². The molecule has 0 saturated heterocycles. The number of benzene rings is 2. The zero-order valence-electron chi connectivity index (χ0n) is 50.7. The van der Waals surface area contributed by atoms with Crippen LogP contribution in [-0.2, 0) is 11.4 Å². The SMILES string of the molecule is [2H]OC([2H])([2H])c1c([2H])c([2H])c(OC(=O)C([2H])(C([2H])([2H])[2H])C([2H])([2H])[2H])c([C@@]([2H])(c2c([2H])c([2H])c([2H])c([2H])c2[2H])C([2H])([2H])C([2H])([2H])N(C([2H])(C([2H])[2H])C([2H])([2H])[2H])C([2H])(C([2H])([2H])[2H])C([2H])([2H])[2H])c1[2H]. The average molecular weight is 448 g/mol. The van der Waals surface area contributed by atoms with E-state index in [-0.39, 0.29) is 0 Å². The van der Waals surface area contributed by atoms with E-state index in [0.29, 0.717) is 0 Å². The second-order valence-electron chi connectivity index (χ2n) is 5.00. The van der Waals surface area contributed by atoms with Crippen molar-refractivity contribution in [1.29, 1.82) is 1.43 Å². The van der Waals surface area contributed by atoms with Crippen LogP contribution >= 0.6 is 0 Å². The summed E-state index contributed by atoms with van der Waals surface area (Å²) >= 11 is 0. The van der Waals surface area contributed by atoms with Crippen molar-refractivity contribution in [2.24, 2.45) is 5.89 Å². The Labute approximate surface area is 232 Å². The molecule has 0 radical (unpaired) electrons. The smallest absolute Gasteiger partial charge is 0.313 e. The first-order valence-electron chi connectivity index (χ1n) is 25.6. The van der Waals surface area contributed by atoms with Gasteiger partial charge >= 0.3 is 5.97 Å². The Morgan fingerprint density at radius 3 is 2.67 bits per heavy atom. The zero-order chi connectivity index (χ0) is 53.1. The molecule has 0 bridgehead atoms. The number of carbonyl (C=O) groups is 1. The second-order valence-corrected chi connectivity index (χ2v) is 5.00. The molecule has 1 N–H and O–H groups in total. The number of aliphatic hydroxyl groups is 1. The predicted octanol–water partition coefficient (Wildman–Crippen LogP) is 5.38. The van der Waals surface area contributed by atoms with E-state index in [1.807, 2.05) is 0 Å². The van der Waals surface area contributed by atoms with Gasteiger partial charge in [-0.05, 0) is 63.5 Å². The van der Waals surface area contributed by atoms with E-state index in [4.69, 9.17) is 47.3 Å². The number of hydrogen-bond acceptors (Lipinski definition) is 4. The second kappa shape index (κ2) is 11.3. The molecule has 0 spiro atoms. The molecule has 164 valence electrons. The highest BCUT2D eigenvalue weighted by molar-refractivity contribution is 5.75. The van der Waals surface area contributed by atoms with Gasteiger partial charge in [0.1, 0.15) is 5.75 Å². The topological polar surface area (TPSA) is 49.8 Å². The van der Waals surface area contributed by atoms with E-state index in [0.717, 1.165) is 0 Å². The minimum Gasteiger partial charge on any atom is -0.426 e. The van der Waals surface area contributed by atoms with Gasteiger partial charge in [-0.3, -0.25) is 9.69 Å². The molecule has 0 aliphatic rings. The maximum absolute atomic E-state index is 13.8. The summed E-state index contributed by atoms with van der Waals surface area (Å²) in [6.45, 7) is -36.0. The number of nitrogens with zero attached hydrogens (tertiary/aromatic N) is 1. The van der Waals surface area contributed by atoms with E-state index in [1.165, 1.54) is 0 Å². The molecular weight excluding hydrogens is 374 g/mol. The van der Waals surface area contributed by atoms with E-state index in [1.54, 1.807) is 0 Å². The van der Waals surface area contributed by atoms with Crippen molar-refractivity contribution in [2.75, 3.05) is 6.50 Å². The van der Waals surface area contributed by atoms with Gasteiger partial charge in [-0.1, -0.05) is 50.0 Å². The molecule has 0 aromatic heterocycles. The van der Waals surface area contributed by atoms with Crippen molar-refractivity contribution in [3.63, 3.8) is 0 Å². The number of esters is 1. The molecular formula is C26H37NO3. The van der Waals surface area contributed by atoms with Gasteiger partial charge in [0.25, 0.3) is 0 Å². The predicted molar refractivity (Wildman–Crippen MR) is 123 cm³/mol. The molecule has 0 aliphatic heterocycles. The summed E-state index contributed by atoms with van der Waals surface area (Å²) in [5.74, 6) is -14.8. The summed E-state index contributed by atoms with van der Waals surface area (Å²) in [7, 11) is 0. The highest BCUT2D eigenvalue weighted by atomic mass is 16.5. The lowest BCUT2D eigenvalue weighted by Crippen LogP contribution is -2.38. The van der Waals surface area contributed by atoms with Gasteiger partial charge in [-0.25, -0.2) is 0 Å². The van der Waals surface area contributed by atoms with Crippen molar-refractivity contribution in [2.45, 2.75) is 72.0 Å². The molecule has 4 heteroatoms. The number of carbonyl (C=O) groups excluding carboxylic acids is 1. The van der Waals surface area contributed by atoms with Crippen LogP contribution in [0.2, 0.25) is 0 Å². The average Bonchev–Trinajstić information content (AvgIpc) is 3.11. The molecule has 2 aromatic carbocycles. The fourth-order valence-electron chi connectivity index (χ4n) is 1.82. The lowest BCUT2D eigenvalue weighted by Gasteiger charge is -2.32. The minimum absolute atomic E-state index is 1.44. The van der Waals surface area contributed by atoms with E-state index >= 15 is 0 Å². The van der Waals surface area contributed by atoms with Crippen LogP contribution in [-0.4, -0.2) is 35.9 Å². The Morgan fingerprint density at radius 2 is 2.00 bits per heavy atom. The Bertz CT molecular complexity index is 2140. The first-order chi connectivity index (χ1) is 28.8. The highest BCUT2D eigenvalue weighted by Crippen LogP contribution is 2.36. The van der Waals surface area contributed by atoms with Gasteiger partial charge in [0, 0.05) is 57.8 Å². The van der Waals surface area contributed by atoms with Gasteiger partial charge in [-0.15, -0.1) is 0 Å². The monoisotopic (exact) mass is 448 g/mol. The fraction of sp³-hybridized carbons (Fsp3) is 0.500. The van der Waals surface area contributed by atoms with Gasteiger partial charge in [0.05, 0.1) is 26.2 Å².